The molecule has 0 saturated carbocycles. The maximum absolute atomic E-state index is 13.5. The van der Waals surface area contributed by atoms with Crippen LogP contribution >= 0.6 is 12.2 Å². The van der Waals surface area contributed by atoms with Gasteiger partial charge in [-0.1, -0.05) is 36.4 Å². The molecule has 0 saturated heterocycles. The van der Waals surface area contributed by atoms with Crippen LogP contribution < -0.4 is 10.6 Å². The monoisotopic (exact) mass is 509 g/mol. The highest BCUT2D eigenvalue weighted by Crippen LogP contribution is 2.31. The van der Waals surface area contributed by atoms with Crippen molar-refractivity contribution in [1.82, 2.24) is 19.7 Å². The van der Waals surface area contributed by atoms with Crippen molar-refractivity contribution in [2.24, 2.45) is 0 Å². The van der Waals surface area contributed by atoms with E-state index in [2.05, 4.69) is 21.3 Å². The van der Waals surface area contributed by atoms with E-state index in [1.807, 2.05) is 56.3 Å². The van der Waals surface area contributed by atoms with Gasteiger partial charge in [-0.05, 0) is 80.7 Å². The number of rotatable bonds is 5. The lowest BCUT2D eigenvalue weighted by molar-refractivity contribution is 0.0977. The number of carbonyl (C=O) groups excluding carboxylic acids is 1. The lowest BCUT2D eigenvalue weighted by atomic mass is 10.2. The number of halogens is 1. The second-order valence-corrected chi connectivity index (χ2v) is 8.94. The van der Waals surface area contributed by atoms with Crippen LogP contribution in [-0.2, 0) is 0 Å². The van der Waals surface area contributed by atoms with Crippen LogP contribution in [0.25, 0.3) is 22.6 Å². The number of aryl methyl sites for hydroxylation is 1. The van der Waals surface area contributed by atoms with Crippen LogP contribution in [-0.4, -0.2) is 25.4 Å². The molecule has 0 aliphatic rings. The van der Waals surface area contributed by atoms with Crippen LogP contribution in [0.4, 0.5) is 10.2 Å². The highest BCUT2D eigenvalue weighted by atomic mass is 32.1. The Morgan fingerprint density at radius 1 is 0.865 bits per heavy atom. The second-order valence-electron chi connectivity index (χ2n) is 8.53. The number of anilines is 1. The molecular weight excluding hydrogens is 485 g/mol. The molecule has 3 aromatic carbocycles. The van der Waals surface area contributed by atoms with E-state index in [1.165, 1.54) is 12.1 Å². The summed E-state index contributed by atoms with van der Waals surface area (Å²) >= 11 is 5.45. The maximum Gasteiger partial charge on any atom is 0.257 e. The summed E-state index contributed by atoms with van der Waals surface area (Å²) in [5.74, 6) is 0.0252. The molecule has 2 heterocycles. The van der Waals surface area contributed by atoms with Gasteiger partial charge in [0.15, 0.2) is 5.11 Å². The minimum absolute atomic E-state index is 0.161. The fraction of sp³-hybridized carbons (Fsp3) is 0.0690. The highest BCUT2D eigenvalue weighted by molar-refractivity contribution is 7.80. The molecule has 0 atom stereocenters. The maximum atomic E-state index is 13.5. The first-order chi connectivity index (χ1) is 17.9. The zero-order valence-corrected chi connectivity index (χ0v) is 21.1. The summed E-state index contributed by atoms with van der Waals surface area (Å²) in [6, 6.07) is 28.9. The van der Waals surface area contributed by atoms with Crippen molar-refractivity contribution >= 4 is 29.1 Å². The van der Waals surface area contributed by atoms with Gasteiger partial charge in [0.25, 0.3) is 5.91 Å². The predicted molar refractivity (Wildman–Crippen MR) is 148 cm³/mol. The molecule has 0 fully saturated rings. The van der Waals surface area contributed by atoms with E-state index in [4.69, 9.17) is 17.3 Å². The molecule has 1 amide bonds. The average Bonchev–Trinajstić information content (AvgIpc) is 3.45. The minimum atomic E-state index is -0.299. The van der Waals surface area contributed by atoms with E-state index in [0.717, 1.165) is 34.0 Å². The average molecular weight is 510 g/mol. The zero-order chi connectivity index (χ0) is 25.9. The van der Waals surface area contributed by atoms with E-state index in [9.17, 15) is 9.18 Å². The molecule has 0 unspecified atom stereocenters. The molecule has 0 radical (unpaired) electrons. The molecule has 184 valence electrons. The summed E-state index contributed by atoms with van der Waals surface area (Å²) in [5, 5.41) is 10.9. The van der Waals surface area contributed by atoms with Crippen LogP contribution in [0.5, 0.6) is 0 Å². The van der Waals surface area contributed by atoms with E-state index >= 15 is 0 Å². The van der Waals surface area contributed by atoms with Gasteiger partial charge in [-0.2, -0.15) is 5.10 Å². The Morgan fingerprint density at radius 3 is 2.19 bits per heavy atom. The van der Waals surface area contributed by atoms with Crippen molar-refractivity contribution in [2.75, 3.05) is 5.32 Å². The second kappa shape index (κ2) is 10.2. The molecule has 2 aromatic heterocycles. The number of nitrogens with one attached hydrogen (secondary N) is 2. The lowest BCUT2D eigenvalue weighted by Gasteiger charge is -2.11. The number of amides is 1. The molecule has 8 heteroatoms. The van der Waals surface area contributed by atoms with Crippen molar-refractivity contribution in [3.05, 3.63) is 120 Å². The quantitative estimate of drug-likeness (QED) is 0.277. The summed E-state index contributed by atoms with van der Waals surface area (Å²) in [6.07, 6.45) is 0. The summed E-state index contributed by atoms with van der Waals surface area (Å²) in [5.41, 5.74) is 5.83. The zero-order valence-electron chi connectivity index (χ0n) is 20.3. The summed E-state index contributed by atoms with van der Waals surface area (Å²) in [4.78, 5) is 12.6. The third-order valence-electron chi connectivity index (χ3n) is 6.01. The molecule has 6 nitrogen and oxygen atoms in total. The molecule has 5 aromatic rings. The smallest absolute Gasteiger partial charge is 0.257 e. The molecule has 0 aliphatic heterocycles. The summed E-state index contributed by atoms with van der Waals surface area (Å²) in [6.45, 7) is 4.01. The standard InChI is InChI=1S/C29H24FN5OS/c1-19-17-25(20(2)34(19)23-15-13-22(30)14-16-23)26-18-27(35(33-26)24-11-7-4-8-12-24)31-29(37)32-28(36)21-9-5-3-6-10-21/h3-18H,1-2H3,(H2,31,32,36,37). The number of benzene rings is 3. The van der Waals surface area contributed by atoms with Crippen molar-refractivity contribution in [1.29, 1.82) is 0 Å². The van der Waals surface area contributed by atoms with Crippen molar-refractivity contribution in [3.63, 3.8) is 0 Å². The third-order valence-corrected chi connectivity index (χ3v) is 6.21. The van der Waals surface area contributed by atoms with Crippen LogP contribution in [0.15, 0.2) is 97.1 Å². The fourth-order valence-electron chi connectivity index (χ4n) is 4.29. The van der Waals surface area contributed by atoms with Gasteiger partial charge in [-0.25, -0.2) is 9.07 Å². The van der Waals surface area contributed by atoms with E-state index < -0.39 is 0 Å². The van der Waals surface area contributed by atoms with Crippen molar-refractivity contribution < 1.29 is 9.18 Å². The molecular formula is C29H24FN5OS. The topological polar surface area (TPSA) is 63.9 Å². The van der Waals surface area contributed by atoms with Gasteiger partial charge in [-0.3, -0.25) is 10.1 Å². The third kappa shape index (κ3) is 5.05. The predicted octanol–water partition coefficient (Wildman–Crippen LogP) is 6.21. The normalized spacial score (nSPS) is 10.8. The van der Waals surface area contributed by atoms with Gasteiger partial charge in [0, 0.05) is 34.3 Å². The van der Waals surface area contributed by atoms with Gasteiger partial charge < -0.3 is 9.88 Å². The first-order valence-electron chi connectivity index (χ1n) is 11.7. The number of thiocarbonyl (C=S) groups is 1. The van der Waals surface area contributed by atoms with Crippen LogP contribution in [0, 0.1) is 19.7 Å². The van der Waals surface area contributed by atoms with E-state index in [1.54, 1.807) is 41.1 Å². The number of para-hydroxylation sites is 1. The van der Waals surface area contributed by atoms with E-state index in [-0.39, 0.29) is 16.8 Å². The fourth-order valence-corrected chi connectivity index (χ4v) is 4.49. The largest absolute Gasteiger partial charge is 0.318 e. The van der Waals surface area contributed by atoms with E-state index in [0.29, 0.717) is 11.4 Å². The Balaban J connectivity index is 1.49. The number of carbonyl (C=O) groups is 1. The van der Waals surface area contributed by atoms with Gasteiger partial charge in [0.1, 0.15) is 11.6 Å². The molecule has 0 spiro atoms. The number of hydrogen-bond donors (Lipinski definition) is 2. The first kappa shape index (κ1) is 24.1. The SMILES string of the molecule is Cc1cc(-c2cc(NC(=S)NC(=O)c3ccccc3)n(-c3ccccc3)n2)c(C)n1-c1ccc(F)cc1. The highest BCUT2D eigenvalue weighted by Gasteiger charge is 2.19. The number of hydrogen-bond acceptors (Lipinski definition) is 3. The Bertz CT molecular complexity index is 1570. The molecule has 5 rings (SSSR count). The van der Waals surface area contributed by atoms with Gasteiger partial charge >= 0.3 is 0 Å². The number of nitrogens with zero attached hydrogens (tertiary/aromatic N) is 3. The first-order valence-corrected chi connectivity index (χ1v) is 12.1. The minimum Gasteiger partial charge on any atom is -0.318 e. The Hall–Kier alpha value is -4.56. The van der Waals surface area contributed by atoms with Gasteiger partial charge in [-0.15, -0.1) is 0 Å². The Labute approximate surface area is 219 Å². The van der Waals surface area contributed by atoms with Crippen LogP contribution in [0.3, 0.4) is 0 Å². The van der Waals surface area contributed by atoms with Crippen LogP contribution in [0.1, 0.15) is 21.7 Å². The molecule has 0 bridgehead atoms. The molecule has 0 aliphatic carbocycles. The summed E-state index contributed by atoms with van der Waals surface area (Å²) in [7, 11) is 0. The summed E-state index contributed by atoms with van der Waals surface area (Å²) < 4.78 is 17.3. The van der Waals surface area contributed by atoms with Gasteiger partial charge in [0.2, 0.25) is 0 Å². The lowest BCUT2D eigenvalue weighted by Crippen LogP contribution is -2.34. The Kier molecular flexibility index (Phi) is 6.66. The van der Waals surface area contributed by atoms with Crippen molar-refractivity contribution in [2.45, 2.75) is 13.8 Å². The van der Waals surface area contributed by atoms with Crippen molar-refractivity contribution in [3.8, 4) is 22.6 Å². The Morgan fingerprint density at radius 2 is 1.51 bits per heavy atom. The molecule has 2 N–H and O–H groups in total. The number of aromatic nitrogens is 3. The molecule has 37 heavy (non-hydrogen) atoms. The van der Waals surface area contributed by atoms with Gasteiger partial charge in [0.05, 0.1) is 11.4 Å². The van der Waals surface area contributed by atoms with Crippen LogP contribution in [0.2, 0.25) is 0 Å².